The highest BCUT2D eigenvalue weighted by Crippen LogP contribution is 2.25. The number of aromatic nitrogens is 3. The minimum Gasteiger partial charge on any atom is -0.479 e. The zero-order valence-electron chi connectivity index (χ0n) is 16.6. The van der Waals surface area contributed by atoms with E-state index in [2.05, 4.69) is 30.9 Å². The van der Waals surface area contributed by atoms with E-state index in [0.717, 1.165) is 19.3 Å². The van der Waals surface area contributed by atoms with E-state index in [0.29, 0.717) is 24.0 Å². The third-order valence-electron chi connectivity index (χ3n) is 4.90. The van der Waals surface area contributed by atoms with Gasteiger partial charge in [0.05, 0.1) is 18.6 Å². The average molecular weight is 398 g/mol. The Morgan fingerprint density at radius 3 is 2.79 bits per heavy atom. The lowest BCUT2D eigenvalue weighted by Crippen LogP contribution is -2.41. The van der Waals surface area contributed by atoms with Gasteiger partial charge in [-0.25, -0.2) is 9.97 Å². The van der Waals surface area contributed by atoms with E-state index >= 15 is 0 Å². The number of amides is 2. The van der Waals surface area contributed by atoms with Crippen LogP contribution in [-0.2, 0) is 4.79 Å². The van der Waals surface area contributed by atoms with Crippen molar-refractivity contribution in [1.82, 2.24) is 25.6 Å². The van der Waals surface area contributed by atoms with Crippen LogP contribution in [0.3, 0.4) is 0 Å². The van der Waals surface area contributed by atoms with Crippen molar-refractivity contribution in [1.29, 1.82) is 0 Å². The molecule has 0 bridgehead atoms. The van der Waals surface area contributed by atoms with E-state index in [9.17, 15) is 9.59 Å². The van der Waals surface area contributed by atoms with Gasteiger partial charge >= 0.3 is 0 Å². The highest BCUT2D eigenvalue weighted by atomic mass is 16.5. The van der Waals surface area contributed by atoms with E-state index in [1.54, 1.807) is 38.5 Å². The Balaban J connectivity index is 1.40. The molecule has 0 spiro atoms. The minimum atomic E-state index is -0.600. The maximum Gasteiger partial charge on any atom is 0.271 e. The summed E-state index contributed by atoms with van der Waals surface area (Å²) in [5.41, 5.74) is 0.285. The van der Waals surface area contributed by atoms with Crippen LogP contribution in [0.1, 0.15) is 36.7 Å². The van der Waals surface area contributed by atoms with Crippen LogP contribution in [0.4, 0.5) is 5.82 Å². The third kappa shape index (κ3) is 5.87. The second-order valence-corrected chi connectivity index (χ2v) is 7.08. The number of nitrogens with one attached hydrogen (secondary N) is 3. The summed E-state index contributed by atoms with van der Waals surface area (Å²) in [6.07, 6.45) is 8.23. The molecule has 0 aliphatic heterocycles. The Morgan fingerprint density at radius 1 is 1.24 bits per heavy atom. The molecule has 1 fully saturated rings. The zero-order chi connectivity index (χ0) is 20.6. The summed E-state index contributed by atoms with van der Waals surface area (Å²) in [6.45, 7) is 2.26. The molecule has 1 saturated carbocycles. The van der Waals surface area contributed by atoms with E-state index in [-0.39, 0.29) is 23.6 Å². The number of nitrogens with zero attached hydrogens (tertiary/aromatic N) is 3. The van der Waals surface area contributed by atoms with Gasteiger partial charge in [-0.05, 0) is 44.2 Å². The fraction of sp³-hybridized carbons (Fsp3) is 0.450. The first-order valence-corrected chi connectivity index (χ1v) is 9.70. The van der Waals surface area contributed by atoms with Crippen molar-refractivity contribution in [3.05, 3.63) is 42.6 Å². The molecule has 1 aliphatic carbocycles. The van der Waals surface area contributed by atoms with Crippen LogP contribution >= 0.6 is 0 Å². The molecule has 2 aromatic heterocycles. The lowest BCUT2D eigenvalue weighted by atomic mass is 10.1. The molecular weight excluding hydrogens is 372 g/mol. The van der Waals surface area contributed by atoms with Crippen molar-refractivity contribution in [3.8, 4) is 5.75 Å². The molecule has 2 heterocycles. The second-order valence-electron chi connectivity index (χ2n) is 7.08. The Hall–Kier alpha value is -3.23. The predicted octanol–water partition coefficient (Wildman–Crippen LogP) is 1.40. The van der Waals surface area contributed by atoms with Crippen molar-refractivity contribution < 1.29 is 14.3 Å². The molecule has 0 saturated heterocycles. The Bertz CT molecular complexity index is 815. The van der Waals surface area contributed by atoms with Gasteiger partial charge in [0, 0.05) is 25.8 Å². The highest BCUT2D eigenvalue weighted by Gasteiger charge is 2.28. The number of rotatable bonds is 8. The molecule has 29 heavy (non-hydrogen) atoms. The lowest BCUT2D eigenvalue weighted by molar-refractivity contribution is -0.128. The molecule has 9 nitrogen and oxygen atoms in total. The van der Waals surface area contributed by atoms with Gasteiger partial charge in [0.2, 0.25) is 0 Å². The van der Waals surface area contributed by atoms with Gasteiger partial charge < -0.3 is 20.7 Å². The molecule has 3 unspecified atom stereocenters. The first kappa shape index (κ1) is 20.5. The summed E-state index contributed by atoms with van der Waals surface area (Å²) in [7, 11) is 1.74. The largest absolute Gasteiger partial charge is 0.479 e. The fourth-order valence-electron chi connectivity index (χ4n) is 3.29. The molecule has 3 atom stereocenters. The number of carbonyl (C=O) groups excluding carboxylic acids is 2. The zero-order valence-corrected chi connectivity index (χ0v) is 16.6. The van der Waals surface area contributed by atoms with Gasteiger partial charge in [-0.15, -0.1) is 0 Å². The third-order valence-corrected chi connectivity index (χ3v) is 4.90. The summed E-state index contributed by atoms with van der Waals surface area (Å²) in [4.78, 5) is 36.7. The van der Waals surface area contributed by atoms with E-state index in [1.165, 1.54) is 12.4 Å². The fourth-order valence-corrected chi connectivity index (χ4v) is 3.29. The van der Waals surface area contributed by atoms with Crippen LogP contribution in [0.5, 0.6) is 5.75 Å². The summed E-state index contributed by atoms with van der Waals surface area (Å²) in [6, 6.07) is 3.61. The standard InChI is InChI=1S/C20H26N6O3/c1-13(29-16-4-3-7-22-10-16)19(27)26-15-6-5-14(8-15)9-25-20(28)17-11-24-18(21-2)12-23-17/h3-4,7,10-15H,5-6,8-9H2,1-2H3,(H,21,24)(H,25,28)(H,26,27). The van der Waals surface area contributed by atoms with Crippen molar-refractivity contribution >= 4 is 17.6 Å². The van der Waals surface area contributed by atoms with Crippen molar-refractivity contribution in [2.24, 2.45) is 5.92 Å². The normalized spacial score (nSPS) is 19.2. The summed E-state index contributed by atoms with van der Waals surface area (Å²) in [5, 5.41) is 8.80. The van der Waals surface area contributed by atoms with Crippen molar-refractivity contribution in [2.45, 2.75) is 38.3 Å². The summed E-state index contributed by atoms with van der Waals surface area (Å²) >= 11 is 0. The minimum absolute atomic E-state index is 0.0825. The van der Waals surface area contributed by atoms with Crippen LogP contribution in [0.2, 0.25) is 0 Å². The van der Waals surface area contributed by atoms with Gasteiger partial charge in [0.15, 0.2) is 6.10 Å². The van der Waals surface area contributed by atoms with Crippen molar-refractivity contribution in [2.75, 3.05) is 18.9 Å². The van der Waals surface area contributed by atoms with Crippen LogP contribution in [0.25, 0.3) is 0 Å². The maximum atomic E-state index is 12.4. The van der Waals surface area contributed by atoms with Crippen molar-refractivity contribution in [3.63, 3.8) is 0 Å². The topological polar surface area (TPSA) is 118 Å². The van der Waals surface area contributed by atoms with Gasteiger partial charge in [0.25, 0.3) is 11.8 Å². The first-order chi connectivity index (χ1) is 14.0. The second kappa shape index (κ2) is 9.81. The SMILES string of the molecule is CNc1cnc(C(=O)NCC2CCC(NC(=O)C(C)Oc3cccnc3)C2)cn1. The molecular formula is C20H26N6O3. The first-order valence-electron chi connectivity index (χ1n) is 9.70. The van der Waals surface area contributed by atoms with E-state index in [4.69, 9.17) is 4.74 Å². The summed E-state index contributed by atoms with van der Waals surface area (Å²) in [5.74, 6) is 1.09. The molecule has 154 valence electrons. The number of pyridine rings is 1. The Morgan fingerprint density at radius 2 is 2.10 bits per heavy atom. The van der Waals surface area contributed by atoms with Gasteiger partial charge in [-0.1, -0.05) is 0 Å². The molecule has 2 aromatic rings. The van der Waals surface area contributed by atoms with E-state index in [1.807, 2.05) is 0 Å². The van der Waals surface area contributed by atoms with Crippen LogP contribution in [-0.4, -0.2) is 52.5 Å². The molecule has 0 radical (unpaired) electrons. The maximum absolute atomic E-state index is 12.4. The molecule has 2 amide bonds. The number of hydrogen-bond acceptors (Lipinski definition) is 7. The van der Waals surface area contributed by atoms with Gasteiger partial charge in [-0.2, -0.15) is 0 Å². The predicted molar refractivity (Wildman–Crippen MR) is 108 cm³/mol. The van der Waals surface area contributed by atoms with Crippen LogP contribution in [0, 0.1) is 5.92 Å². The molecule has 3 rings (SSSR count). The number of carbonyl (C=O) groups is 2. The van der Waals surface area contributed by atoms with Gasteiger partial charge in [0.1, 0.15) is 17.3 Å². The molecule has 3 N–H and O–H groups in total. The highest BCUT2D eigenvalue weighted by molar-refractivity contribution is 5.92. The average Bonchev–Trinajstić information content (AvgIpc) is 3.20. The van der Waals surface area contributed by atoms with Crippen LogP contribution < -0.4 is 20.7 Å². The lowest BCUT2D eigenvalue weighted by Gasteiger charge is -2.18. The Labute approximate surface area is 169 Å². The number of ether oxygens (including phenoxy) is 1. The van der Waals surface area contributed by atoms with Gasteiger partial charge in [-0.3, -0.25) is 14.6 Å². The van der Waals surface area contributed by atoms with E-state index < -0.39 is 6.10 Å². The molecule has 9 heteroatoms. The molecule has 0 aromatic carbocycles. The monoisotopic (exact) mass is 398 g/mol. The Kier molecular flexibility index (Phi) is 6.94. The summed E-state index contributed by atoms with van der Waals surface area (Å²) < 4.78 is 5.61. The van der Waals surface area contributed by atoms with Crippen LogP contribution in [0.15, 0.2) is 36.9 Å². The number of hydrogen-bond donors (Lipinski definition) is 3. The smallest absolute Gasteiger partial charge is 0.271 e. The number of anilines is 1. The molecule has 1 aliphatic rings. The quantitative estimate of drug-likeness (QED) is 0.615.